The van der Waals surface area contributed by atoms with E-state index in [-0.39, 0.29) is 25.4 Å². The molecule has 0 unspecified atom stereocenters. The SMILES string of the molecule is N#CCC[C@H]1CC[C@@H]2O[C@@H]([C@H](O)CO)C[C@]2(CO)O1. The molecule has 2 aliphatic rings. The molecule has 19 heavy (non-hydrogen) atoms. The second-order valence-electron chi connectivity index (χ2n) is 5.35. The van der Waals surface area contributed by atoms with Gasteiger partial charge in [0.1, 0.15) is 11.7 Å². The van der Waals surface area contributed by atoms with E-state index in [1.54, 1.807) is 0 Å². The Labute approximate surface area is 112 Å². The highest BCUT2D eigenvalue weighted by Gasteiger charge is 2.54. The molecule has 0 amide bonds. The molecule has 0 radical (unpaired) electrons. The first kappa shape index (κ1) is 14.7. The molecule has 2 rings (SSSR count). The average Bonchev–Trinajstić information content (AvgIpc) is 2.83. The van der Waals surface area contributed by atoms with Gasteiger partial charge in [-0.25, -0.2) is 0 Å². The van der Waals surface area contributed by atoms with Gasteiger partial charge in [-0.15, -0.1) is 0 Å². The van der Waals surface area contributed by atoms with Crippen LogP contribution >= 0.6 is 0 Å². The van der Waals surface area contributed by atoms with Crippen LogP contribution in [0.5, 0.6) is 0 Å². The highest BCUT2D eigenvalue weighted by atomic mass is 16.6. The second kappa shape index (κ2) is 6.16. The Morgan fingerprint density at radius 1 is 1.37 bits per heavy atom. The summed E-state index contributed by atoms with van der Waals surface area (Å²) in [5.74, 6) is 0. The smallest absolute Gasteiger partial charge is 0.120 e. The Morgan fingerprint density at radius 3 is 2.79 bits per heavy atom. The summed E-state index contributed by atoms with van der Waals surface area (Å²) in [5, 5.41) is 36.9. The number of aliphatic hydroxyl groups excluding tert-OH is 3. The molecule has 108 valence electrons. The summed E-state index contributed by atoms with van der Waals surface area (Å²) in [4.78, 5) is 0. The van der Waals surface area contributed by atoms with Crippen LogP contribution in [0.25, 0.3) is 0 Å². The first-order chi connectivity index (χ1) is 9.15. The zero-order valence-corrected chi connectivity index (χ0v) is 10.9. The van der Waals surface area contributed by atoms with Gasteiger partial charge in [0, 0.05) is 12.8 Å². The molecule has 0 bridgehead atoms. The lowest BCUT2D eigenvalue weighted by Crippen LogP contribution is -2.51. The summed E-state index contributed by atoms with van der Waals surface area (Å²) in [6, 6.07) is 2.09. The Hall–Kier alpha value is -0.710. The van der Waals surface area contributed by atoms with Gasteiger partial charge in [0.25, 0.3) is 0 Å². The van der Waals surface area contributed by atoms with Crippen molar-refractivity contribution < 1.29 is 24.8 Å². The largest absolute Gasteiger partial charge is 0.394 e. The monoisotopic (exact) mass is 271 g/mol. The van der Waals surface area contributed by atoms with Crippen molar-refractivity contribution in [1.82, 2.24) is 0 Å². The van der Waals surface area contributed by atoms with E-state index < -0.39 is 17.8 Å². The van der Waals surface area contributed by atoms with E-state index in [9.17, 15) is 10.2 Å². The number of hydrogen-bond donors (Lipinski definition) is 3. The average molecular weight is 271 g/mol. The first-order valence-electron chi connectivity index (χ1n) is 6.75. The lowest BCUT2D eigenvalue weighted by atomic mass is 9.86. The Bertz CT molecular complexity index is 344. The summed E-state index contributed by atoms with van der Waals surface area (Å²) >= 11 is 0. The van der Waals surface area contributed by atoms with E-state index in [0.29, 0.717) is 19.3 Å². The third-order valence-electron chi connectivity index (χ3n) is 4.09. The van der Waals surface area contributed by atoms with E-state index in [1.165, 1.54) is 0 Å². The number of rotatable bonds is 5. The lowest BCUT2D eigenvalue weighted by Gasteiger charge is -2.40. The zero-order valence-electron chi connectivity index (χ0n) is 10.9. The van der Waals surface area contributed by atoms with Crippen molar-refractivity contribution in [2.75, 3.05) is 13.2 Å². The van der Waals surface area contributed by atoms with E-state index in [0.717, 1.165) is 12.8 Å². The molecule has 2 aliphatic heterocycles. The normalized spacial score (nSPS) is 39.6. The molecule has 0 aromatic carbocycles. The van der Waals surface area contributed by atoms with Gasteiger partial charge in [0.15, 0.2) is 0 Å². The quantitative estimate of drug-likeness (QED) is 0.635. The van der Waals surface area contributed by atoms with Crippen molar-refractivity contribution in [1.29, 1.82) is 5.26 Å². The summed E-state index contributed by atoms with van der Waals surface area (Å²) in [6.07, 6.45) is 1.24. The highest BCUT2D eigenvalue weighted by molar-refractivity contribution is 5.02. The molecular formula is C13H21NO5. The second-order valence-corrected chi connectivity index (χ2v) is 5.35. The van der Waals surface area contributed by atoms with Crippen LogP contribution in [0.15, 0.2) is 0 Å². The number of nitriles is 1. The van der Waals surface area contributed by atoms with Crippen molar-refractivity contribution in [3.8, 4) is 6.07 Å². The van der Waals surface area contributed by atoms with Crippen LogP contribution in [-0.2, 0) is 9.47 Å². The van der Waals surface area contributed by atoms with Crippen LogP contribution < -0.4 is 0 Å². The third kappa shape index (κ3) is 2.91. The van der Waals surface area contributed by atoms with Crippen molar-refractivity contribution in [2.24, 2.45) is 0 Å². The number of hydrogen-bond acceptors (Lipinski definition) is 6. The molecule has 0 spiro atoms. The molecule has 0 aliphatic carbocycles. The minimum Gasteiger partial charge on any atom is -0.394 e. The van der Waals surface area contributed by atoms with Crippen LogP contribution in [0.3, 0.4) is 0 Å². The predicted octanol–water partition coefficient (Wildman–Crippen LogP) is -0.289. The number of nitrogens with zero attached hydrogens (tertiary/aromatic N) is 1. The minimum atomic E-state index is -0.949. The fraction of sp³-hybridized carbons (Fsp3) is 0.923. The van der Waals surface area contributed by atoms with Gasteiger partial charge in [-0.3, -0.25) is 0 Å². The fourth-order valence-corrected chi connectivity index (χ4v) is 3.02. The van der Waals surface area contributed by atoms with Crippen LogP contribution in [-0.4, -0.2) is 58.6 Å². The summed E-state index contributed by atoms with van der Waals surface area (Å²) < 4.78 is 11.7. The van der Waals surface area contributed by atoms with E-state index in [2.05, 4.69) is 6.07 Å². The lowest BCUT2D eigenvalue weighted by molar-refractivity contribution is -0.185. The van der Waals surface area contributed by atoms with Gasteiger partial charge >= 0.3 is 0 Å². The van der Waals surface area contributed by atoms with Crippen molar-refractivity contribution in [3.63, 3.8) is 0 Å². The van der Waals surface area contributed by atoms with Crippen molar-refractivity contribution in [2.45, 2.75) is 62.1 Å². The molecule has 3 N–H and O–H groups in total. The molecule has 6 nitrogen and oxygen atoms in total. The van der Waals surface area contributed by atoms with Crippen LogP contribution in [0.4, 0.5) is 0 Å². The maximum atomic E-state index is 9.67. The van der Waals surface area contributed by atoms with E-state index >= 15 is 0 Å². The summed E-state index contributed by atoms with van der Waals surface area (Å²) in [6.45, 7) is -0.536. The summed E-state index contributed by atoms with van der Waals surface area (Å²) in [5.41, 5.74) is -0.792. The van der Waals surface area contributed by atoms with Gasteiger partial charge in [0.2, 0.25) is 0 Å². The molecule has 0 saturated carbocycles. The molecule has 2 saturated heterocycles. The minimum absolute atomic E-state index is 0.0448. The maximum absolute atomic E-state index is 9.67. The molecule has 2 fully saturated rings. The number of ether oxygens (including phenoxy) is 2. The number of fused-ring (bicyclic) bond motifs is 1. The van der Waals surface area contributed by atoms with Gasteiger partial charge in [-0.2, -0.15) is 5.26 Å². The molecule has 5 atom stereocenters. The van der Waals surface area contributed by atoms with Crippen molar-refractivity contribution >= 4 is 0 Å². The van der Waals surface area contributed by atoms with Gasteiger partial charge in [0.05, 0.1) is 37.6 Å². The van der Waals surface area contributed by atoms with Gasteiger partial charge in [-0.1, -0.05) is 0 Å². The molecule has 0 aromatic rings. The Balaban J connectivity index is 2.02. The molecule has 6 heteroatoms. The topological polar surface area (TPSA) is 103 Å². The number of aliphatic hydroxyl groups is 3. The summed E-state index contributed by atoms with van der Waals surface area (Å²) in [7, 11) is 0. The predicted molar refractivity (Wildman–Crippen MR) is 65.1 cm³/mol. The van der Waals surface area contributed by atoms with Gasteiger partial charge in [-0.05, 0) is 19.3 Å². The fourth-order valence-electron chi connectivity index (χ4n) is 3.02. The maximum Gasteiger partial charge on any atom is 0.120 e. The molecule has 0 aromatic heterocycles. The third-order valence-corrected chi connectivity index (χ3v) is 4.09. The van der Waals surface area contributed by atoms with Crippen molar-refractivity contribution in [3.05, 3.63) is 0 Å². The van der Waals surface area contributed by atoms with E-state index in [1.807, 2.05) is 0 Å². The Morgan fingerprint density at radius 2 is 2.16 bits per heavy atom. The zero-order chi connectivity index (χ0) is 13.9. The molecular weight excluding hydrogens is 250 g/mol. The standard InChI is InChI=1S/C13H21NO5/c14-5-1-2-9-3-4-12-13(8-16,19-9)6-11(18-12)10(17)7-15/h9-12,15-17H,1-4,6-8H2/t9-,10+,11+,12-,13+/m0/s1. The highest BCUT2D eigenvalue weighted by Crippen LogP contribution is 2.42. The van der Waals surface area contributed by atoms with Crippen LogP contribution in [0.2, 0.25) is 0 Å². The van der Waals surface area contributed by atoms with Crippen LogP contribution in [0, 0.1) is 11.3 Å². The van der Waals surface area contributed by atoms with E-state index in [4.69, 9.17) is 19.8 Å². The molecule has 2 heterocycles. The van der Waals surface area contributed by atoms with Gasteiger partial charge < -0.3 is 24.8 Å². The first-order valence-corrected chi connectivity index (χ1v) is 6.75. The van der Waals surface area contributed by atoms with Crippen LogP contribution in [0.1, 0.15) is 32.1 Å². The Kier molecular flexibility index (Phi) is 4.76.